The van der Waals surface area contributed by atoms with Crippen LogP contribution in [0.2, 0.25) is 0 Å². The van der Waals surface area contributed by atoms with Crippen molar-refractivity contribution in [2.45, 2.75) is 37.7 Å². The molecular formula is C13H14F4O. The summed E-state index contributed by atoms with van der Waals surface area (Å²) in [7, 11) is 0. The van der Waals surface area contributed by atoms with Crippen molar-refractivity contribution < 1.29 is 22.7 Å². The zero-order valence-electron chi connectivity index (χ0n) is 9.67. The highest BCUT2D eigenvalue weighted by Gasteiger charge is 2.39. The molecule has 2 atom stereocenters. The van der Waals surface area contributed by atoms with Crippen molar-refractivity contribution in [3.05, 3.63) is 35.4 Å². The van der Waals surface area contributed by atoms with Crippen LogP contribution in [0, 0.1) is 17.6 Å². The number of rotatable bonds is 2. The Bertz CT molecular complexity index is 433. The summed E-state index contributed by atoms with van der Waals surface area (Å²) in [4.78, 5) is 0. The first-order valence-corrected chi connectivity index (χ1v) is 5.90. The number of halogens is 4. The van der Waals surface area contributed by atoms with E-state index in [0.717, 1.165) is 12.1 Å². The second-order valence-electron chi connectivity index (χ2n) is 4.82. The molecule has 0 aromatic heterocycles. The maximum Gasteiger partial charge on any atom is 0.248 e. The number of benzene rings is 1. The molecule has 18 heavy (non-hydrogen) atoms. The van der Waals surface area contributed by atoms with Gasteiger partial charge in [-0.1, -0.05) is 6.07 Å². The molecule has 0 aliphatic heterocycles. The highest BCUT2D eigenvalue weighted by Crippen LogP contribution is 2.42. The number of hydrogen-bond donors (Lipinski definition) is 1. The van der Waals surface area contributed by atoms with Gasteiger partial charge in [0.2, 0.25) is 5.92 Å². The number of alkyl halides is 2. The SMILES string of the molecule is OC(c1ccc(F)cc1F)C1CCCC(F)(F)C1. The largest absolute Gasteiger partial charge is 0.388 e. The quantitative estimate of drug-likeness (QED) is 0.803. The van der Waals surface area contributed by atoms with Crippen LogP contribution in [-0.4, -0.2) is 11.0 Å². The minimum absolute atomic E-state index is 0.112. The zero-order valence-corrected chi connectivity index (χ0v) is 9.67. The van der Waals surface area contributed by atoms with Crippen molar-refractivity contribution in [1.29, 1.82) is 0 Å². The molecular weight excluding hydrogens is 248 g/mol. The van der Waals surface area contributed by atoms with E-state index in [2.05, 4.69) is 0 Å². The van der Waals surface area contributed by atoms with Gasteiger partial charge in [0, 0.05) is 24.5 Å². The van der Waals surface area contributed by atoms with Gasteiger partial charge in [-0.05, 0) is 24.8 Å². The van der Waals surface area contributed by atoms with Crippen LogP contribution < -0.4 is 0 Å². The van der Waals surface area contributed by atoms with Gasteiger partial charge in [0.1, 0.15) is 11.6 Å². The molecule has 1 aromatic rings. The van der Waals surface area contributed by atoms with E-state index in [1.165, 1.54) is 0 Å². The molecule has 1 N–H and O–H groups in total. The fourth-order valence-electron chi connectivity index (χ4n) is 2.48. The van der Waals surface area contributed by atoms with Crippen molar-refractivity contribution in [2.24, 2.45) is 5.92 Å². The first-order chi connectivity index (χ1) is 8.39. The Labute approximate surface area is 102 Å². The highest BCUT2D eigenvalue weighted by atomic mass is 19.3. The number of aliphatic hydroxyl groups is 1. The molecule has 0 spiro atoms. The van der Waals surface area contributed by atoms with Gasteiger partial charge >= 0.3 is 0 Å². The molecule has 0 amide bonds. The third kappa shape index (κ3) is 2.83. The van der Waals surface area contributed by atoms with Crippen LogP contribution in [0.4, 0.5) is 17.6 Å². The van der Waals surface area contributed by atoms with Crippen molar-refractivity contribution in [2.75, 3.05) is 0 Å². The minimum Gasteiger partial charge on any atom is -0.388 e. The van der Waals surface area contributed by atoms with E-state index in [-0.39, 0.29) is 12.0 Å². The van der Waals surface area contributed by atoms with E-state index in [1.54, 1.807) is 0 Å². The maximum atomic E-state index is 13.5. The van der Waals surface area contributed by atoms with E-state index in [9.17, 15) is 22.7 Å². The second kappa shape index (κ2) is 4.88. The smallest absolute Gasteiger partial charge is 0.248 e. The van der Waals surface area contributed by atoms with E-state index in [1.807, 2.05) is 0 Å². The van der Waals surface area contributed by atoms with Crippen molar-refractivity contribution in [3.63, 3.8) is 0 Å². The third-order valence-corrected chi connectivity index (χ3v) is 3.41. The molecule has 100 valence electrons. The Morgan fingerprint density at radius 3 is 2.61 bits per heavy atom. The molecule has 1 aromatic carbocycles. The molecule has 1 saturated carbocycles. The Morgan fingerprint density at radius 2 is 2.00 bits per heavy atom. The van der Waals surface area contributed by atoms with Gasteiger partial charge in [0.15, 0.2) is 0 Å². The molecule has 5 heteroatoms. The summed E-state index contributed by atoms with van der Waals surface area (Å²) in [5, 5.41) is 9.95. The van der Waals surface area contributed by atoms with E-state index in [0.29, 0.717) is 18.9 Å². The highest BCUT2D eigenvalue weighted by molar-refractivity contribution is 5.21. The molecule has 0 saturated heterocycles. The number of hydrogen-bond acceptors (Lipinski definition) is 1. The van der Waals surface area contributed by atoms with Crippen LogP contribution >= 0.6 is 0 Å². The van der Waals surface area contributed by atoms with Gasteiger partial charge in [0.05, 0.1) is 6.10 Å². The van der Waals surface area contributed by atoms with Crippen molar-refractivity contribution in [1.82, 2.24) is 0 Å². The standard InChI is InChI=1S/C13H14F4O/c14-9-3-4-10(11(15)6-9)12(18)8-2-1-5-13(16,17)7-8/h3-4,6,8,12,18H,1-2,5,7H2. The lowest BCUT2D eigenvalue weighted by atomic mass is 9.80. The van der Waals surface area contributed by atoms with E-state index < -0.39 is 36.0 Å². The average molecular weight is 262 g/mol. The molecule has 1 fully saturated rings. The third-order valence-electron chi connectivity index (χ3n) is 3.41. The average Bonchev–Trinajstić information content (AvgIpc) is 2.27. The van der Waals surface area contributed by atoms with Gasteiger partial charge in [-0.25, -0.2) is 17.6 Å². The predicted molar refractivity (Wildman–Crippen MR) is 58.2 cm³/mol. The molecule has 1 aliphatic carbocycles. The molecule has 0 radical (unpaired) electrons. The van der Waals surface area contributed by atoms with Crippen molar-refractivity contribution in [3.8, 4) is 0 Å². The predicted octanol–water partition coefficient (Wildman–Crippen LogP) is 3.82. The summed E-state index contributed by atoms with van der Waals surface area (Å²) >= 11 is 0. The first-order valence-electron chi connectivity index (χ1n) is 5.90. The Balaban J connectivity index is 2.17. The molecule has 0 bridgehead atoms. The molecule has 1 aliphatic rings. The minimum atomic E-state index is -2.81. The zero-order chi connectivity index (χ0) is 13.3. The summed E-state index contributed by atoms with van der Waals surface area (Å²) in [5.74, 6) is -5.14. The van der Waals surface area contributed by atoms with Crippen LogP contribution in [-0.2, 0) is 0 Å². The van der Waals surface area contributed by atoms with E-state index in [4.69, 9.17) is 0 Å². The monoisotopic (exact) mass is 262 g/mol. The topological polar surface area (TPSA) is 20.2 Å². The van der Waals surface area contributed by atoms with Gasteiger partial charge in [0.25, 0.3) is 0 Å². The van der Waals surface area contributed by atoms with Crippen LogP contribution in [0.15, 0.2) is 18.2 Å². The summed E-state index contributed by atoms with van der Waals surface area (Å²) in [6.45, 7) is 0. The summed E-state index contributed by atoms with van der Waals surface area (Å²) in [6.07, 6.45) is -1.23. The van der Waals surface area contributed by atoms with Crippen LogP contribution in [0.1, 0.15) is 37.4 Å². The van der Waals surface area contributed by atoms with Gasteiger partial charge in [-0.3, -0.25) is 0 Å². The lowest BCUT2D eigenvalue weighted by Crippen LogP contribution is -2.29. The van der Waals surface area contributed by atoms with Crippen LogP contribution in [0.3, 0.4) is 0 Å². The lowest BCUT2D eigenvalue weighted by molar-refractivity contribution is -0.0766. The Morgan fingerprint density at radius 1 is 1.28 bits per heavy atom. The van der Waals surface area contributed by atoms with Crippen LogP contribution in [0.25, 0.3) is 0 Å². The van der Waals surface area contributed by atoms with Crippen molar-refractivity contribution >= 4 is 0 Å². The first kappa shape index (κ1) is 13.3. The molecule has 1 nitrogen and oxygen atoms in total. The lowest BCUT2D eigenvalue weighted by Gasteiger charge is -2.32. The van der Waals surface area contributed by atoms with E-state index >= 15 is 0 Å². The second-order valence-corrected chi connectivity index (χ2v) is 4.82. The fourth-order valence-corrected chi connectivity index (χ4v) is 2.48. The number of aliphatic hydroxyl groups excluding tert-OH is 1. The fraction of sp³-hybridized carbons (Fsp3) is 0.538. The normalized spacial score (nSPS) is 24.8. The maximum absolute atomic E-state index is 13.5. The van der Waals surface area contributed by atoms with Gasteiger partial charge in [-0.15, -0.1) is 0 Å². The van der Waals surface area contributed by atoms with Gasteiger partial charge < -0.3 is 5.11 Å². The molecule has 0 heterocycles. The van der Waals surface area contributed by atoms with Crippen LogP contribution in [0.5, 0.6) is 0 Å². The molecule has 2 unspecified atom stereocenters. The summed E-state index contributed by atoms with van der Waals surface area (Å²) < 4.78 is 52.7. The molecule has 2 rings (SSSR count). The summed E-state index contributed by atoms with van der Waals surface area (Å²) in [5.41, 5.74) is -0.112. The Hall–Kier alpha value is -1.10. The van der Waals surface area contributed by atoms with Gasteiger partial charge in [-0.2, -0.15) is 0 Å². The summed E-state index contributed by atoms with van der Waals surface area (Å²) in [6, 6.07) is 2.78. The Kier molecular flexibility index (Phi) is 3.61.